The van der Waals surface area contributed by atoms with Crippen LogP contribution in [0.2, 0.25) is 0 Å². The summed E-state index contributed by atoms with van der Waals surface area (Å²) in [6.07, 6.45) is 4.82. The maximum absolute atomic E-state index is 13.9. The molecular weight excluding hydrogens is 664 g/mol. The van der Waals surface area contributed by atoms with Crippen LogP contribution in [0.1, 0.15) is 24.0 Å². The third-order valence-electron chi connectivity index (χ3n) is 8.18. The van der Waals surface area contributed by atoms with Crippen molar-refractivity contribution in [1.29, 1.82) is 5.26 Å². The van der Waals surface area contributed by atoms with E-state index in [0.29, 0.717) is 61.1 Å². The predicted octanol–water partition coefficient (Wildman–Crippen LogP) is 4.84. The number of nitriles is 1. The van der Waals surface area contributed by atoms with Crippen LogP contribution in [0.15, 0.2) is 75.9 Å². The Hall–Kier alpha value is -3.62. The second kappa shape index (κ2) is 13.1. The number of carbonyl (C=O) groups excluding carboxylic acids is 2. The van der Waals surface area contributed by atoms with E-state index in [2.05, 4.69) is 53.1 Å². The van der Waals surface area contributed by atoms with E-state index in [9.17, 15) is 20.0 Å². The number of benzene rings is 2. The van der Waals surface area contributed by atoms with Crippen molar-refractivity contribution in [3.05, 3.63) is 87.1 Å². The second-order valence-electron chi connectivity index (χ2n) is 10.7. The Morgan fingerprint density at radius 2 is 1.57 bits per heavy atom. The topological polar surface area (TPSA) is 113 Å². The van der Waals surface area contributed by atoms with Crippen LogP contribution in [0, 0.1) is 11.3 Å². The van der Waals surface area contributed by atoms with Crippen molar-refractivity contribution in [2.45, 2.75) is 30.7 Å². The number of aromatic nitrogens is 1. The average Bonchev–Trinajstić information content (AvgIpc) is 3.04. The minimum Gasteiger partial charge on any atom is -0.506 e. The number of aromatic hydroxyl groups is 1. The number of nitrogens with one attached hydrogen (secondary N) is 1. The molecule has 2 fully saturated rings. The molecule has 0 saturated carbocycles. The number of nitrogens with zero attached hydrogens (tertiary/aromatic N) is 5. The summed E-state index contributed by atoms with van der Waals surface area (Å²) in [6.45, 7) is 3.24. The average molecular weight is 696 g/mol. The van der Waals surface area contributed by atoms with Gasteiger partial charge in [-0.3, -0.25) is 9.78 Å². The number of carbonyl (C=O) groups is 2. The van der Waals surface area contributed by atoms with E-state index in [1.807, 2.05) is 42.5 Å². The molecule has 0 bridgehead atoms. The molecule has 2 aliphatic heterocycles. The zero-order chi connectivity index (χ0) is 29.7. The van der Waals surface area contributed by atoms with Crippen molar-refractivity contribution in [1.82, 2.24) is 20.1 Å². The van der Waals surface area contributed by atoms with Gasteiger partial charge < -0.3 is 25.1 Å². The van der Waals surface area contributed by atoms with Crippen molar-refractivity contribution in [2.75, 3.05) is 44.2 Å². The number of hydrogen-bond acceptors (Lipinski definition) is 6. The quantitative estimate of drug-likeness (QED) is 0.382. The fraction of sp³-hybridized carbons (Fsp3) is 0.355. The van der Waals surface area contributed by atoms with E-state index in [1.54, 1.807) is 34.3 Å². The Morgan fingerprint density at radius 1 is 0.952 bits per heavy atom. The van der Waals surface area contributed by atoms with Crippen molar-refractivity contribution in [2.24, 2.45) is 0 Å². The van der Waals surface area contributed by atoms with E-state index < -0.39 is 11.5 Å². The van der Waals surface area contributed by atoms with Crippen molar-refractivity contribution in [3.63, 3.8) is 0 Å². The normalized spacial score (nSPS) is 17.3. The van der Waals surface area contributed by atoms with E-state index in [1.165, 1.54) is 0 Å². The summed E-state index contributed by atoms with van der Waals surface area (Å²) in [5.41, 5.74) is 2.18. The Labute approximate surface area is 262 Å². The van der Waals surface area contributed by atoms with Crippen LogP contribution in [-0.2, 0) is 16.6 Å². The molecule has 2 saturated heterocycles. The van der Waals surface area contributed by atoms with Gasteiger partial charge in [-0.25, -0.2) is 4.79 Å². The molecule has 2 N–H and O–H groups in total. The molecule has 2 aromatic carbocycles. The van der Waals surface area contributed by atoms with Crippen molar-refractivity contribution < 1.29 is 14.7 Å². The number of likely N-dealkylation sites (tertiary alicyclic amines) is 1. The van der Waals surface area contributed by atoms with Gasteiger partial charge in [-0.05, 0) is 80.1 Å². The van der Waals surface area contributed by atoms with Crippen LogP contribution < -0.4 is 10.2 Å². The van der Waals surface area contributed by atoms with E-state index in [4.69, 9.17) is 0 Å². The molecule has 11 heteroatoms. The van der Waals surface area contributed by atoms with Gasteiger partial charge in [0.15, 0.2) is 0 Å². The Kier molecular flexibility index (Phi) is 9.34. The standard InChI is InChI=1S/C31H32Br2N6O3/c32-25-18-22(19-26(33)28(25)40)20-27(29(41)38-16-14-37(15-17-38)24-6-10-35-11-7-24)36-30(42)39-12-8-31(21-34,9-13-39)23-4-2-1-3-5-23/h1-7,10-11,18-19,27,40H,8-9,12-17,20H2,(H,36,42)/t27-/m0/s1. The fourth-order valence-electron chi connectivity index (χ4n) is 5.69. The molecule has 2 aliphatic rings. The lowest BCUT2D eigenvalue weighted by Gasteiger charge is -2.39. The number of phenols is 1. The number of rotatable bonds is 6. The lowest BCUT2D eigenvalue weighted by Crippen LogP contribution is -2.58. The van der Waals surface area contributed by atoms with Gasteiger partial charge in [0, 0.05) is 63.8 Å². The van der Waals surface area contributed by atoms with E-state index in [-0.39, 0.29) is 24.1 Å². The SMILES string of the molecule is N#CC1(c2ccccc2)CCN(C(=O)N[C@@H](Cc2cc(Br)c(O)c(Br)c2)C(=O)N2CCN(c3ccncc3)CC2)CC1. The van der Waals surface area contributed by atoms with E-state index >= 15 is 0 Å². The molecular formula is C31H32Br2N6O3. The lowest BCUT2D eigenvalue weighted by molar-refractivity contribution is -0.133. The molecule has 42 heavy (non-hydrogen) atoms. The smallest absolute Gasteiger partial charge is 0.318 e. The summed E-state index contributed by atoms with van der Waals surface area (Å²) in [7, 11) is 0. The number of piperidine rings is 1. The highest BCUT2D eigenvalue weighted by Crippen LogP contribution is 2.35. The molecule has 0 radical (unpaired) electrons. The van der Waals surface area contributed by atoms with Crippen LogP contribution in [-0.4, -0.2) is 77.1 Å². The maximum atomic E-state index is 13.9. The minimum absolute atomic E-state index is 0.0746. The third-order valence-corrected chi connectivity index (χ3v) is 9.39. The van der Waals surface area contributed by atoms with Gasteiger partial charge in [-0.15, -0.1) is 0 Å². The summed E-state index contributed by atoms with van der Waals surface area (Å²) in [5, 5.41) is 23.2. The van der Waals surface area contributed by atoms with Gasteiger partial charge in [-0.1, -0.05) is 30.3 Å². The van der Waals surface area contributed by atoms with Gasteiger partial charge >= 0.3 is 6.03 Å². The number of halogens is 2. The first-order chi connectivity index (χ1) is 20.3. The number of pyridine rings is 1. The zero-order valence-corrected chi connectivity index (χ0v) is 26.2. The molecule has 218 valence electrons. The van der Waals surface area contributed by atoms with Gasteiger partial charge in [0.2, 0.25) is 5.91 Å². The molecule has 0 unspecified atom stereocenters. The number of urea groups is 1. The van der Waals surface area contributed by atoms with Crippen LogP contribution >= 0.6 is 31.9 Å². The monoisotopic (exact) mass is 694 g/mol. The Balaban J connectivity index is 1.29. The summed E-state index contributed by atoms with van der Waals surface area (Å²) in [5.74, 6) is -0.0729. The molecule has 3 aromatic rings. The molecule has 1 aromatic heterocycles. The molecule has 0 spiro atoms. The predicted molar refractivity (Wildman–Crippen MR) is 167 cm³/mol. The minimum atomic E-state index is -0.801. The largest absolute Gasteiger partial charge is 0.506 e. The van der Waals surface area contributed by atoms with E-state index in [0.717, 1.165) is 16.8 Å². The van der Waals surface area contributed by atoms with Gasteiger partial charge in [0.05, 0.1) is 20.4 Å². The van der Waals surface area contributed by atoms with Crippen LogP contribution in [0.3, 0.4) is 0 Å². The summed E-state index contributed by atoms with van der Waals surface area (Å²) < 4.78 is 1.00. The molecule has 0 aliphatic carbocycles. The number of phenolic OH excluding ortho intramolecular Hbond substituents is 1. The van der Waals surface area contributed by atoms with Crippen molar-refractivity contribution >= 4 is 49.5 Å². The van der Waals surface area contributed by atoms with Crippen molar-refractivity contribution in [3.8, 4) is 11.8 Å². The molecule has 3 amide bonds. The number of amides is 3. The summed E-state index contributed by atoms with van der Waals surface area (Å²) in [6, 6.07) is 18.5. The molecule has 9 nitrogen and oxygen atoms in total. The Morgan fingerprint density at radius 3 is 2.17 bits per heavy atom. The third kappa shape index (κ3) is 6.55. The van der Waals surface area contributed by atoms with Crippen LogP contribution in [0.25, 0.3) is 0 Å². The van der Waals surface area contributed by atoms with Gasteiger partial charge in [-0.2, -0.15) is 5.26 Å². The zero-order valence-electron chi connectivity index (χ0n) is 23.0. The van der Waals surface area contributed by atoms with Gasteiger partial charge in [0.1, 0.15) is 11.8 Å². The number of anilines is 1. The Bertz CT molecular complexity index is 1430. The maximum Gasteiger partial charge on any atom is 0.318 e. The highest BCUT2D eigenvalue weighted by molar-refractivity contribution is 9.11. The highest BCUT2D eigenvalue weighted by atomic mass is 79.9. The molecule has 1 atom stereocenters. The molecule has 5 rings (SSSR count). The first kappa shape index (κ1) is 29.9. The number of hydrogen-bond donors (Lipinski definition) is 2. The second-order valence-corrected chi connectivity index (χ2v) is 12.4. The lowest BCUT2D eigenvalue weighted by atomic mass is 9.74. The highest BCUT2D eigenvalue weighted by Gasteiger charge is 2.38. The summed E-state index contributed by atoms with van der Waals surface area (Å²) in [4.78, 5) is 37.2. The first-order valence-electron chi connectivity index (χ1n) is 13.9. The number of piperazine rings is 1. The first-order valence-corrected chi connectivity index (χ1v) is 15.5. The summed E-state index contributed by atoms with van der Waals surface area (Å²) >= 11 is 6.74. The fourth-order valence-corrected chi connectivity index (χ4v) is 6.97. The van der Waals surface area contributed by atoms with Crippen LogP contribution in [0.5, 0.6) is 5.75 Å². The van der Waals surface area contributed by atoms with Gasteiger partial charge in [0.25, 0.3) is 0 Å². The van der Waals surface area contributed by atoms with Crippen LogP contribution in [0.4, 0.5) is 10.5 Å². The molecule has 3 heterocycles.